The van der Waals surface area contributed by atoms with Gasteiger partial charge in [0.25, 0.3) is 5.78 Å². The quantitative estimate of drug-likeness (QED) is 0.419. The Hall–Kier alpha value is -2.79. The molecule has 0 aliphatic carbocycles. The highest BCUT2D eigenvalue weighted by atomic mass is 35.5. The van der Waals surface area contributed by atoms with Crippen molar-refractivity contribution in [3.63, 3.8) is 0 Å². The number of benzene rings is 2. The van der Waals surface area contributed by atoms with Crippen LogP contribution in [0.2, 0.25) is 10.0 Å². The maximum absolute atomic E-state index is 14.1. The van der Waals surface area contributed by atoms with Gasteiger partial charge in [-0.25, -0.2) is 17.8 Å². The normalized spacial score (nSPS) is 15.3. The zero-order chi connectivity index (χ0) is 23.2. The van der Waals surface area contributed by atoms with Gasteiger partial charge in [-0.15, -0.1) is 5.10 Å². The van der Waals surface area contributed by atoms with Gasteiger partial charge in [-0.3, -0.25) is 0 Å². The van der Waals surface area contributed by atoms with Crippen LogP contribution in [-0.4, -0.2) is 58.5 Å². The van der Waals surface area contributed by atoms with Crippen LogP contribution in [0, 0.1) is 5.82 Å². The molecule has 0 saturated carbocycles. The molecular weight excluding hydrogens is 490 g/mol. The second-order valence-corrected chi connectivity index (χ2v) is 10.1. The van der Waals surface area contributed by atoms with Crippen LogP contribution in [0.15, 0.2) is 59.6 Å². The van der Waals surface area contributed by atoms with Gasteiger partial charge in [0.05, 0.1) is 15.7 Å². The minimum Gasteiger partial charge on any atom is -0.337 e. The first-order chi connectivity index (χ1) is 15.8. The molecule has 0 N–H and O–H groups in total. The van der Waals surface area contributed by atoms with Crippen LogP contribution in [0.3, 0.4) is 0 Å². The van der Waals surface area contributed by atoms with E-state index < -0.39 is 15.8 Å². The Kier molecular flexibility index (Phi) is 5.69. The van der Waals surface area contributed by atoms with Crippen LogP contribution in [0.5, 0.6) is 0 Å². The molecule has 1 aliphatic heterocycles. The Bertz CT molecular complexity index is 1450. The van der Waals surface area contributed by atoms with E-state index in [0.717, 1.165) is 17.3 Å². The van der Waals surface area contributed by atoms with Gasteiger partial charge < -0.3 is 4.90 Å². The summed E-state index contributed by atoms with van der Waals surface area (Å²) in [5, 5.41) is 5.46. The average molecular weight is 507 g/mol. The van der Waals surface area contributed by atoms with E-state index in [1.807, 2.05) is 11.0 Å². The molecule has 2 aromatic heterocycles. The summed E-state index contributed by atoms with van der Waals surface area (Å²) < 4.78 is 42.6. The molecule has 0 unspecified atom stereocenters. The van der Waals surface area contributed by atoms with Gasteiger partial charge >= 0.3 is 0 Å². The summed E-state index contributed by atoms with van der Waals surface area (Å²) in [5.74, 6) is 0.0655. The molecule has 4 aromatic rings. The van der Waals surface area contributed by atoms with Crippen molar-refractivity contribution in [3.05, 3.63) is 70.6 Å². The van der Waals surface area contributed by atoms with E-state index in [4.69, 9.17) is 23.2 Å². The van der Waals surface area contributed by atoms with Crippen molar-refractivity contribution in [2.24, 2.45) is 0 Å². The molecule has 8 nitrogen and oxygen atoms in total. The maximum atomic E-state index is 14.1. The number of anilines is 1. The maximum Gasteiger partial charge on any atom is 0.254 e. The first-order valence-corrected chi connectivity index (χ1v) is 12.2. The van der Waals surface area contributed by atoms with Crippen molar-refractivity contribution in [1.29, 1.82) is 0 Å². The number of aromatic nitrogens is 4. The van der Waals surface area contributed by atoms with Crippen LogP contribution < -0.4 is 4.90 Å². The van der Waals surface area contributed by atoms with Gasteiger partial charge in [-0.05, 0) is 30.3 Å². The fourth-order valence-electron chi connectivity index (χ4n) is 3.71. The number of fused-ring (bicyclic) bond motifs is 1. The number of halogens is 3. The van der Waals surface area contributed by atoms with Crippen molar-refractivity contribution >= 4 is 45.0 Å². The first-order valence-electron chi connectivity index (χ1n) is 10.0. The van der Waals surface area contributed by atoms with E-state index in [1.54, 1.807) is 28.9 Å². The number of sulfonamides is 1. The molecule has 0 atom stereocenters. The van der Waals surface area contributed by atoms with Gasteiger partial charge in [-0.2, -0.15) is 13.8 Å². The summed E-state index contributed by atoms with van der Waals surface area (Å²) in [5.41, 5.74) is 1.53. The number of hydrogen-bond donors (Lipinski definition) is 0. The number of rotatable bonds is 4. The molecular formula is C21H17Cl2FN6O2S. The van der Waals surface area contributed by atoms with Crippen molar-refractivity contribution in [3.8, 4) is 11.3 Å². The van der Waals surface area contributed by atoms with Crippen LogP contribution in [-0.2, 0) is 10.0 Å². The van der Waals surface area contributed by atoms with Gasteiger partial charge in [0.1, 0.15) is 10.7 Å². The molecule has 5 rings (SSSR count). The minimum atomic E-state index is -3.92. The Balaban J connectivity index is 1.39. The second-order valence-electron chi connectivity index (χ2n) is 7.40. The van der Waals surface area contributed by atoms with E-state index >= 15 is 0 Å². The highest BCUT2D eigenvalue weighted by Gasteiger charge is 2.31. The van der Waals surface area contributed by atoms with E-state index in [2.05, 4.69) is 15.1 Å². The van der Waals surface area contributed by atoms with E-state index in [9.17, 15) is 12.8 Å². The molecule has 0 radical (unpaired) electrons. The molecule has 1 fully saturated rings. The molecule has 12 heteroatoms. The summed E-state index contributed by atoms with van der Waals surface area (Å²) in [7, 11) is -3.92. The third-order valence-corrected chi connectivity index (χ3v) is 8.09. The van der Waals surface area contributed by atoms with Crippen molar-refractivity contribution in [2.45, 2.75) is 4.90 Å². The van der Waals surface area contributed by atoms with Crippen LogP contribution in [0.25, 0.3) is 17.0 Å². The summed E-state index contributed by atoms with van der Waals surface area (Å²) >= 11 is 12.2. The highest BCUT2D eigenvalue weighted by molar-refractivity contribution is 7.89. The standard InChI is InChI=1S/C21H17Cl2FN6O2S/c22-15-6-5-14(13-16(15)23)18-7-8-25-20-26-21(27-30(18)20)28-9-11-29(12-10-28)33(31,32)19-4-2-1-3-17(19)24/h1-8,13H,9-12H2. The molecule has 33 heavy (non-hydrogen) atoms. The number of hydrogen-bond acceptors (Lipinski definition) is 6. The Morgan fingerprint density at radius 3 is 2.42 bits per heavy atom. The summed E-state index contributed by atoms with van der Waals surface area (Å²) in [4.78, 5) is 10.3. The molecule has 1 aliphatic rings. The minimum absolute atomic E-state index is 0.180. The third kappa shape index (κ3) is 4.04. The number of nitrogens with zero attached hydrogens (tertiary/aromatic N) is 6. The fraction of sp³-hybridized carbons (Fsp3) is 0.190. The topological polar surface area (TPSA) is 83.7 Å². The molecule has 0 spiro atoms. The predicted octanol–water partition coefficient (Wildman–Crippen LogP) is 3.75. The van der Waals surface area contributed by atoms with Gasteiger partial charge in [0, 0.05) is 37.9 Å². The Labute approximate surface area is 199 Å². The van der Waals surface area contributed by atoms with Gasteiger partial charge in [0.2, 0.25) is 16.0 Å². The largest absolute Gasteiger partial charge is 0.337 e. The van der Waals surface area contributed by atoms with Gasteiger partial charge in [0.15, 0.2) is 0 Å². The Morgan fingerprint density at radius 2 is 1.70 bits per heavy atom. The lowest BCUT2D eigenvalue weighted by Gasteiger charge is -2.33. The summed E-state index contributed by atoms with van der Waals surface area (Å²) in [6.45, 7) is 1.07. The first kappa shape index (κ1) is 22.0. The van der Waals surface area contributed by atoms with Crippen molar-refractivity contribution in [1.82, 2.24) is 23.9 Å². The van der Waals surface area contributed by atoms with Gasteiger partial charge in [-0.1, -0.05) is 41.4 Å². The smallest absolute Gasteiger partial charge is 0.254 e. The lowest BCUT2D eigenvalue weighted by molar-refractivity contribution is 0.380. The zero-order valence-electron chi connectivity index (χ0n) is 17.1. The zero-order valence-corrected chi connectivity index (χ0v) is 19.4. The third-order valence-electron chi connectivity index (χ3n) is 5.42. The van der Waals surface area contributed by atoms with E-state index in [0.29, 0.717) is 34.9 Å². The molecule has 0 amide bonds. The summed E-state index contributed by atoms with van der Waals surface area (Å²) in [6.07, 6.45) is 1.63. The van der Waals surface area contributed by atoms with Crippen molar-refractivity contribution < 1.29 is 12.8 Å². The monoisotopic (exact) mass is 506 g/mol. The molecule has 1 saturated heterocycles. The van der Waals surface area contributed by atoms with Crippen LogP contribution >= 0.6 is 23.2 Å². The number of piperazine rings is 1. The highest BCUT2D eigenvalue weighted by Crippen LogP contribution is 2.29. The average Bonchev–Trinajstić information content (AvgIpc) is 3.26. The SMILES string of the molecule is O=S(=O)(c1ccccc1F)N1CCN(c2nc3nccc(-c4ccc(Cl)c(Cl)c4)n3n2)CC1. The van der Waals surface area contributed by atoms with Crippen LogP contribution in [0.1, 0.15) is 0 Å². The molecule has 0 bridgehead atoms. The summed E-state index contributed by atoms with van der Waals surface area (Å²) in [6, 6.07) is 12.5. The predicted molar refractivity (Wildman–Crippen MR) is 124 cm³/mol. The Morgan fingerprint density at radius 1 is 0.939 bits per heavy atom. The van der Waals surface area contributed by atoms with E-state index in [1.165, 1.54) is 22.5 Å². The van der Waals surface area contributed by atoms with Crippen LogP contribution in [0.4, 0.5) is 10.3 Å². The lowest BCUT2D eigenvalue weighted by Crippen LogP contribution is -2.49. The lowest BCUT2D eigenvalue weighted by atomic mass is 10.1. The molecule has 2 aromatic carbocycles. The molecule has 3 heterocycles. The van der Waals surface area contributed by atoms with Crippen molar-refractivity contribution in [2.75, 3.05) is 31.1 Å². The molecule has 170 valence electrons. The van der Waals surface area contributed by atoms with E-state index in [-0.39, 0.29) is 18.0 Å². The second kappa shape index (κ2) is 8.53. The fourth-order valence-corrected chi connectivity index (χ4v) is 5.50.